The van der Waals surface area contributed by atoms with Crippen LogP contribution in [0.3, 0.4) is 0 Å². The number of imidazole rings is 1. The van der Waals surface area contributed by atoms with Crippen molar-refractivity contribution in [3.63, 3.8) is 0 Å². The maximum atomic E-state index is 13.1. The van der Waals surface area contributed by atoms with E-state index in [-0.39, 0.29) is 6.61 Å². The molecular weight excluding hydrogens is 492 g/mol. The smallest absolute Gasteiger partial charge is 0.408 e. The number of hydroxylamine groups is 1. The molecule has 8 nitrogen and oxygen atoms in total. The van der Waals surface area contributed by atoms with Crippen molar-refractivity contribution in [1.82, 2.24) is 20.3 Å². The molecule has 0 spiro atoms. The number of nitrogens with one attached hydrogen (secondary N) is 2. The molecule has 39 heavy (non-hydrogen) atoms. The number of carbonyl (C=O) groups excluding carboxylic acids is 2. The van der Waals surface area contributed by atoms with Gasteiger partial charge >= 0.3 is 6.09 Å². The van der Waals surface area contributed by atoms with Gasteiger partial charge in [0.25, 0.3) is 5.91 Å². The van der Waals surface area contributed by atoms with Gasteiger partial charge in [-0.25, -0.2) is 15.3 Å². The van der Waals surface area contributed by atoms with Gasteiger partial charge in [0.1, 0.15) is 17.5 Å². The van der Waals surface area contributed by atoms with E-state index in [0.717, 1.165) is 35.4 Å². The van der Waals surface area contributed by atoms with Crippen LogP contribution in [0.4, 0.5) is 4.79 Å². The molecule has 2 aromatic carbocycles. The van der Waals surface area contributed by atoms with E-state index in [1.165, 1.54) is 32.1 Å². The fraction of sp³-hybridized carbons (Fsp3) is 0.516. The predicted octanol–water partition coefficient (Wildman–Crippen LogP) is 6.47. The van der Waals surface area contributed by atoms with Gasteiger partial charge < -0.3 is 14.6 Å². The third-order valence-electron chi connectivity index (χ3n) is 6.39. The second kappa shape index (κ2) is 15.3. The summed E-state index contributed by atoms with van der Waals surface area (Å²) < 4.78 is 7.67. The van der Waals surface area contributed by atoms with E-state index in [0.29, 0.717) is 12.8 Å². The second-order valence-corrected chi connectivity index (χ2v) is 10.9. The number of para-hydroxylation sites is 2. The number of amides is 2. The van der Waals surface area contributed by atoms with E-state index in [2.05, 4.69) is 28.4 Å². The summed E-state index contributed by atoms with van der Waals surface area (Å²) in [5.41, 5.74) is 4.77. The molecule has 0 aliphatic rings. The average Bonchev–Trinajstić information content (AvgIpc) is 3.25. The molecule has 0 bridgehead atoms. The SMILES string of the molecule is CCCCCCCCn1c(CCC(NC(=O)OC(C)(C)C)C(=O)NOCc2ccccc2)nc2ccccc21. The Kier molecular flexibility index (Phi) is 11.8. The normalized spacial score (nSPS) is 12.3. The molecule has 1 heterocycles. The Bertz CT molecular complexity index is 1170. The number of nitrogens with zero attached hydrogens (tertiary/aromatic N) is 2. The van der Waals surface area contributed by atoms with Crippen molar-refractivity contribution in [3.05, 3.63) is 66.0 Å². The lowest BCUT2D eigenvalue weighted by atomic mass is 10.1. The van der Waals surface area contributed by atoms with Gasteiger partial charge in [0, 0.05) is 13.0 Å². The van der Waals surface area contributed by atoms with E-state index < -0.39 is 23.6 Å². The lowest BCUT2D eigenvalue weighted by molar-refractivity contribution is -0.137. The molecule has 1 unspecified atom stereocenters. The van der Waals surface area contributed by atoms with Crippen LogP contribution >= 0.6 is 0 Å². The highest BCUT2D eigenvalue weighted by Gasteiger charge is 2.25. The van der Waals surface area contributed by atoms with Crippen LogP contribution in [0.25, 0.3) is 11.0 Å². The predicted molar refractivity (Wildman–Crippen MR) is 154 cm³/mol. The molecule has 3 rings (SSSR count). The van der Waals surface area contributed by atoms with Crippen molar-refractivity contribution in [2.75, 3.05) is 0 Å². The molecule has 0 saturated heterocycles. The Morgan fingerprint density at radius 1 is 0.949 bits per heavy atom. The highest BCUT2D eigenvalue weighted by Crippen LogP contribution is 2.19. The zero-order chi connectivity index (χ0) is 28.1. The molecule has 2 amide bonds. The van der Waals surface area contributed by atoms with Crippen LogP contribution in [-0.2, 0) is 33.9 Å². The Morgan fingerprint density at radius 2 is 1.64 bits per heavy atom. The number of unbranched alkanes of at least 4 members (excludes halogenated alkanes) is 5. The lowest BCUT2D eigenvalue weighted by Crippen LogP contribution is -2.48. The van der Waals surface area contributed by atoms with Crippen LogP contribution in [-0.4, -0.2) is 33.2 Å². The molecule has 0 saturated carbocycles. The quantitative estimate of drug-likeness (QED) is 0.171. The first kappa shape index (κ1) is 30.2. The summed E-state index contributed by atoms with van der Waals surface area (Å²) in [6, 6.07) is 16.8. The average molecular weight is 537 g/mol. The van der Waals surface area contributed by atoms with Crippen LogP contribution in [0.1, 0.15) is 84.0 Å². The molecule has 0 aliphatic heterocycles. The molecule has 3 aromatic rings. The Morgan fingerprint density at radius 3 is 2.38 bits per heavy atom. The first-order valence-corrected chi connectivity index (χ1v) is 14.2. The number of carbonyl (C=O) groups is 2. The number of hydrogen-bond acceptors (Lipinski definition) is 5. The van der Waals surface area contributed by atoms with Gasteiger partial charge in [-0.3, -0.25) is 9.63 Å². The molecule has 1 aromatic heterocycles. The minimum Gasteiger partial charge on any atom is -0.444 e. The number of hydrogen-bond donors (Lipinski definition) is 2. The first-order chi connectivity index (χ1) is 18.8. The minimum atomic E-state index is -0.849. The van der Waals surface area contributed by atoms with Crippen LogP contribution in [0, 0.1) is 0 Å². The summed E-state index contributed by atoms with van der Waals surface area (Å²) in [5.74, 6) is 0.467. The van der Waals surface area contributed by atoms with Crippen LogP contribution in [0.15, 0.2) is 54.6 Å². The Labute approximate surface area is 232 Å². The molecule has 0 fully saturated rings. The molecule has 0 radical (unpaired) electrons. The summed E-state index contributed by atoms with van der Waals surface area (Å²) in [5, 5.41) is 2.73. The second-order valence-electron chi connectivity index (χ2n) is 10.9. The maximum Gasteiger partial charge on any atom is 0.408 e. The maximum absolute atomic E-state index is 13.1. The van der Waals surface area contributed by atoms with Gasteiger partial charge in [-0.2, -0.15) is 0 Å². The van der Waals surface area contributed by atoms with Crippen LogP contribution in [0.2, 0.25) is 0 Å². The highest BCUT2D eigenvalue weighted by molar-refractivity contribution is 5.85. The van der Waals surface area contributed by atoms with E-state index in [9.17, 15) is 9.59 Å². The fourth-order valence-electron chi connectivity index (χ4n) is 4.44. The molecule has 1 atom stereocenters. The molecule has 212 valence electrons. The standard InChI is InChI=1S/C31H44N4O4/c1-5-6-7-8-9-15-22-35-27-19-14-13-18-25(27)32-28(35)21-20-26(33-30(37)39-31(2,3)4)29(36)34-38-23-24-16-11-10-12-17-24/h10-14,16-19,26H,5-9,15,20-23H2,1-4H3,(H,33,37)(H,34,36). The number of aryl methyl sites for hydroxylation is 2. The number of fused-ring (bicyclic) bond motifs is 1. The number of aromatic nitrogens is 2. The van der Waals surface area contributed by atoms with Gasteiger partial charge in [-0.05, 0) is 51.3 Å². The van der Waals surface area contributed by atoms with Gasteiger partial charge in [-0.15, -0.1) is 0 Å². The van der Waals surface area contributed by atoms with Gasteiger partial charge in [0.2, 0.25) is 0 Å². The third kappa shape index (κ3) is 10.4. The van der Waals surface area contributed by atoms with E-state index in [1.807, 2.05) is 48.5 Å². The zero-order valence-electron chi connectivity index (χ0n) is 23.9. The Hall–Kier alpha value is -3.39. The van der Waals surface area contributed by atoms with Crippen molar-refractivity contribution < 1.29 is 19.2 Å². The molecule has 2 N–H and O–H groups in total. The summed E-state index contributed by atoms with van der Waals surface area (Å²) in [6.45, 7) is 8.68. The molecule has 8 heteroatoms. The minimum absolute atomic E-state index is 0.222. The Balaban J connectivity index is 1.68. The summed E-state index contributed by atoms with van der Waals surface area (Å²) in [6.07, 6.45) is 7.49. The summed E-state index contributed by atoms with van der Waals surface area (Å²) in [7, 11) is 0. The van der Waals surface area contributed by atoms with E-state index >= 15 is 0 Å². The van der Waals surface area contributed by atoms with Crippen molar-refractivity contribution in [3.8, 4) is 0 Å². The van der Waals surface area contributed by atoms with Crippen molar-refractivity contribution >= 4 is 23.0 Å². The van der Waals surface area contributed by atoms with Gasteiger partial charge in [0.05, 0.1) is 17.6 Å². The van der Waals surface area contributed by atoms with Gasteiger partial charge in [0.15, 0.2) is 0 Å². The monoisotopic (exact) mass is 536 g/mol. The van der Waals surface area contributed by atoms with Gasteiger partial charge in [-0.1, -0.05) is 81.5 Å². The first-order valence-electron chi connectivity index (χ1n) is 14.2. The van der Waals surface area contributed by atoms with Crippen LogP contribution in [0.5, 0.6) is 0 Å². The van der Waals surface area contributed by atoms with Crippen molar-refractivity contribution in [1.29, 1.82) is 0 Å². The number of ether oxygens (including phenoxy) is 1. The summed E-state index contributed by atoms with van der Waals surface area (Å²) >= 11 is 0. The third-order valence-corrected chi connectivity index (χ3v) is 6.39. The highest BCUT2D eigenvalue weighted by atomic mass is 16.7. The number of alkyl carbamates (subject to hydrolysis) is 1. The lowest BCUT2D eigenvalue weighted by Gasteiger charge is -2.23. The van der Waals surface area contributed by atoms with Crippen molar-refractivity contribution in [2.24, 2.45) is 0 Å². The molecular formula is C31H44N4O4. The summed E-state index contributed by atoms with van der Waals surface area (Å²) in [4.78, 5) is 36.0. The largest absolute Gasteiger partial charge is 0.444 e. The topological polar surface area (TPSA) is 94.5 Å². The van der Waals surface area contributed by atoms with Crippen LogP contribution < -0.4 is 10.8 Å². The fourth-order valence-corrected chi connectivity index (χ4v) is 4.44. The molecule has 0 aliphatic carbocycles. The van der Waals surface area contributed by atoms with E-state index in [4.69, 9.17) is 14.6 Å². The zero-order valence-corrected chi connectivity index (χ0v) is 23.9. The van der Waals surface area contributed by atoms with E-state index in [1.54, 1.807) is 20.8 Å². The van der Waals surface area contributed by atoms with Crippen molar-refractivity contribution in [2.45, 2.75) is 104 Å². The number of benzene rings is 2. The number of rotatable bonds is 15.